The van der Waals surface area contributed by atoms with Gasteiger partial charge in [0.1, 0.15) is 0 Å². The molecule has 0 atom stereocenters. The Hall–Kier alpha value is -1.17. The van der Waals surface area contributed by atoms with Gasteiger partial charge in [-0.05, 0) is 44.0 Å². The molecule has 0 saturated carbocycles. The number of benzene rings is 1. The third-order valence-corrected chi connectivity index (χ3v) is 3.89. The van der Waals surface area contributed by atoms with Crippen LogP contribution in [0.5, 0.6) is 0 Å². The SMILES string of the molecule is NC(N)=NC(N)=Nc1c(Br)cc(S(N)(=O)=O)cc1Br. The van der Waals surface area contributed by atoms with Crippen molar-refractivity contribution in [2.45, 2.75) is 4.90 Å². The van der Waals surface area contributed by atoms with E-state index in [9.17, 15) is 8.42 Å². The molecule has 8 N–H and O–H groups in total. The number of nitrogens with zero attached hydrogens (tertiary/aromatic N) is 2. The van der Waals surface area contributed by atoms with Crippen LogP contribution in [0.25, 0.3) is 0 Å². The average molecular weight is 414 g/mol. The molecule has 0 spiro atoms. The molecule has 1 aromatic carbocycles. The fourth-order valence-electron chi connectivity index (χ4n) is 1.09. The molecule has 0 aliphatic heterocycles. The topological polar surface area (TPSA) is 163 Å². The Morgan fingerprint density at radius 3 is 1.95 bits per heavy atom. The molecule has 0 heterocycles. The maximum absolute atomic E-state index is 11.2. The highest BCUT2D eigenvalue weighted by atomic mass is 79.9. The van der Waals surface area contributed by atoms with Gasteiger partial charge in [0, 0.05) is 8.95 Å². The van der Waals surface area contributed by atoms with E-state index >= 15 is 0 Å². The highest BCUT2D eigenvalue weighted by Crippen LogP contribution is 2.35. The third-order valence-electron chi connectivity index (χ3n) is 1.79. The molecule has 0 fully saturated rings. The molecule has 0 bridgehead atoms. The lowest BCUT2D eigenvalue weighted by Crippen LogP contribution is -2.26. The highest BCUT2D eigenvalue weighted by molar-refractivity contribution is 9.11. The van der Waals surface area contributed by atoms with E-state index in [2.05, 4.69) is 41.8 Å². The Bertz CT molecular complexity index is 643. The van der Waals surface area contributed by atoms with E-state index < -0.39 is 10.0 Å². The summed E-state index contributed by atoms with van der Waals surface area (Å²) in [7, 11) is -3.82. The van der Waals surface area contributed by atoms with Gasteiger partial charge in [-0.3, -0.25) is 0 Å². The van der Waals surface area contributed by atoms with Gasteiger partial charge in [-0.1, -0.05) is 0 Å². The number of halogens is 2. The van der Waals surface area contributed by atoms with Gasteiger partial charge < -0.3 is 17.2 Å². The molecule has 1 aromatic rings. The molecule has 8 nitrogen and oxygen atoms in total. The van der Waals surface area contributed by atoms with Crippen molar-refractivity contribution in [1.82, 2.24) is 0 Å². The van der Waals surface area contributed by atoms with E-state index in [-0.39, 0.29) is 16.8 Å². The number of primary sulfonamides is 1. The van der Waals surface area contributed by atoms with Crippen LogP contribution in [0.1, 0.15) is 0 Å². The van der Waals surface area contributed by atoms with Crippen molar-refractivity contribution in [1.29, 1.82) is 0 Å². The molecule has 1 rings (SSSR count). The molecule has 0 unspecified atom stereocenters. The lowest BCUT2D eigenvalue weighted by Gasteiger charge is -2.06. The van der Waals surface area contributed by atoms with Crippen molar-refractivity contribution in [2.24, 2.45) is 32.3 Å². The Balaban J connectivity index is 3.38. The largest absolute Gasteiger partial charge is 0.370 e. The Morgan fingerprint density at radius 2 is 1.58 bits per heavy atom. The van der Waals surface area contributed by atoms with Gasteiger partial charge in [-0.2, -0.15) is 4.99 Å². The molecule has 0 amide bonds. The summed E-state index contributed by atoms with van der Waals surface area (Å²) < 4.78 is 23.2. The van der Waals surface area contributed by atoms with Crippen LogP contribution in [0, 0.1) is 0 Å². The first kappa shape index (κ1) is 15.9. The van der Waals surface area contributed by atoms with Gasteiger partial charge in [-0.15, -0.1) is 0 Å². The maximum atomic E-state index is 11.2. The molecular formula is C8H10Br2N6O2S. The van der Waals surface area contributed by atoms with Crippen molar-refractivity contribution < 1.29 is 8.42 Å². The lowest BCUT2D eigenvalue weighted by atomic mass is 10.3. The second kappa shape index (κ2) is 5.86. The summed E-state index contributed by atoms with van der Waals surface area (Å²) in [5, 5.41) is 5.03. The van der Waals surface area contributed by atoms with Gasteiger partial charge in [0.2, 0.25) is 16.0 Å². The van der Waals surface area contributed by atoms with E-state index in [4.69, 9.17) is 22.3 Å². The summed E-state index contributed by atoms with van der Waals surface area (Å²) in [6, 6.07) is 2.59. The monoisotopic (exact) mass is 412 g/mol. The molecule has 0 aromatic heterocycles. The van der Waals surface area contributed by atoms with Crippen LogP contribution in [0.4, 0.5) is 5.69 Å². The van der Waals surface area contributed by atoms with Crippen LogP contribution in [0.15, 0.2) is 36.0 Å². The average Bonchev–Trinajstić information content (AvgIpc) is 2.20. The summed E-state index contributed by atoms with van der Waals surface area (Å²) in [4.78, 5) is 7.40. The van der Waals surface area contributed by atoms with Crippen molar-refractivity contribution in [3.8, 4) is 0 Å². The van der Waals surface area contributed by atoms with Crippen LogP contribution in [-0.4, -0.2) is 20.3 Å². The number of guanidine groups is 2. The minimum absolute atomic E-state index is 0.0781. The van der Waals surface area contributed by atoms with Crippen LogP contribution in [-0.2, 0) is 10.0 Å². The first-order chi connectivity index (χ1) is 8.61. The number of sulfonamides is 1. The predicted octanol–water partition coefficient (Wildman–Crippen LogP) is 0.0786. The van der Waals surface area contributed by atoms with Gasteiger partial charge in [-0.25, -0.2) is 18.5 Å². The number of hydrogen-bond acceptors (Lipinski definition) is 3. The van der Waals surface area contributed by atoms with Gasteiger partial charge in [0.15, 0.2) is 5.96 Å². The highest BCUT2D eigenvalue weighted by Gasteiger charge is 2.14. The minimum atomic E-state index is -3.82. The molecular weight excluding hydrogens is 404 g/mol. The maximum Gasteiger partial charge on any atom is 0.238 e. The Labute approximate surface area is 126 Å². The summed E-state index contributed by atoms with van der Waals surface area (Å²) in [6.07, 6.45) is 0. The summed E-state index contributed by atoms with van der Waals surface area (Å²) in [6.45, 7) is 0. The molecule has 11 heteroatoms. The summed E-state index contributed by atoms with van der Waals surface area (Å²) >= 11 is 6.32. The molecule has 104 valence electrons. The van der Waals surface area contributed by atoms with Crippen molar-refractivity contribution in [2.75, 3.05) is 0 Å². The third kappa shape index (κ3) is 4.45. The lowest BCUT2D eigenvalue weighted by molar-refractivity contribution is 0.597. The van der Waals surface area contributed by atoms with Crippen molar-refractivity contribution in [3.05, 3.63) is 21.1 Å². The fourth-order valence-corrected chi connectivity index (χ4v) is 3.32. The Kier molecular flexibility index (Phi) is 4.90. The minimum Gasteiger partial charge on any atom is -0.370 e. The first-order valence-electron chi connectivity index (χ1n) is 4.57. The number of rotatable bonds is 2. The zero-order valence-corrected chi connectivity index (χ0v) is 13.3. The number of aliphatic imine (C=N–C) groups is 2. The van der Waals surface area contributed by atoms with Crippen LogP contribution in [0.2, 0.25) is 0 Å². The van der Waals surface area contributed by atoms with Crippen molar-refractivity contribution >= 4 is 59.5 Å². The molecule has 19 heavy (non-hydrogen) atoms. The van der Waals surface area contributed by atoms with E-state index in [1.165, 1.54) is 12.1 Å². The normalized spacial score (nSPS) is 12.3. The molecule has 0 aliphatic carbocycles. The van der Waals surface area contributed by atoms with E-state index in [1.54, 1.807) is 0 Å². The van der Waals surface area contributed by atoms with E-state index in [0.717, 1.165) is 0 Å². The number of nitrogens with two attached hydrogens (primary N) is 4. The van der Waals surface area contributed by atoms with Gasteiger partial charge >= 0.3 is 0 Å². The second-order valence-electron chi connectivity index (χ2n) is 3.29. The number of hydrogen-bond donors (Lipinski definition) is 4. The van der Waals surface area contributed by atoms with E-state index in [0.29, 0.717) is 14.6 Å². The van der Waals surface area contributed by atoms with Crippen molar-refractivity contribution in [3.63, 3.8) is 0 Å². The zero-order valence-electron chi connectivity index (χ0n) is 9.34. The summed E-state index contributed by atoms with van der Waals surface area (Å²) in [5.41, 5.74) is 16.1. The standard InChI is InChI=1S/C8H10Br2N6O2S/c9-4-1-3(19(14,17)18)2-5(10)6(4)15-8(13)16-7(11)12/h1-2H,(H2,14,17,18)(H6,11,12,13,15,16). The zero-order chi connectivity index (χ0) is 14.8. The fraction of sp³-hybridized carbons (Fsp3) is 0. The van der Waals surface area contributed by atoms with Gasteiger partial charge in [0.05, 0.1) is 10.6 Å². The van der Waals surface area contributed by atoms with Crippen LogP contribution >= 0.6 is 31.9 Å². The quantitative estimate of drug-likeness (QED) is 0.397. The smallest absolute Gasteiger partial charge is 0.238 e. The Morgan fingerprint density at radius 1 is 1.11 bits per heavy atom. The molecule has 0 radical (unpaired) electrons. The second-order valence-corrected chi connectivity index (χ2v) is 6.56. The first-order valence-corrected chi connectivity index (χ1v) is 7.70. The molecule has 0 saturated heterocycles. The molecule has 0 aliphatic rings. The summed E-state index contributed by atoms with van der Waals surface area (Å²) in [5.74, 6) is -0.417. The van der Waals surface area contributed by atoms with Crippen LogP contribution in [0.3, 0.4) is 0 Å². The van der Waals surface area contributed by atoms with Crippen LogP contribution < -0.4 is 22.3 Å². The van der Waals surface area contributed by atoms with Gasteiger partial charge in [0.25, 0.3) is 0 Å². The van der Waals surface area contributed by atoms with E-state index in [1.807, 2.05) is 0 Å². The predicted molar refractivity (Wildman–Crippen MR) is 80.3 cm³/mol.